The van der Waals surface area contributed by atoms with E-state index in [1.807, 2.05) is 0 Å². The van der Waals surface area contributed by atoms with Gasteiger partial charge in [-0.05, 0) is 31.7 Å². The van der Waals surface area contributed by atoms with Crippen LogP contribution in [0.4, 0.5) is 13.2 Å². The highest BCUT2D eigenvalue weighted by atomic mass is 19.4. The second kappa shape index (κ2) is 6.03. The molecule has 2 fully saturated rings. The predicted molar refractivity (Wildman–Crippen MR) is 77.0 cm³/mol. The van der Waals surface area contributed by atoms with Crippen molar-refractivity contribution in [1.82, 2.24) is 15.1 Å². The highest BCUT2D eigenvalue weighted by Crippen LogP contribution is 2.48. The molecule has 0 unspecified atom stereocenters. The van der Waals surface area contributed by atoms with Gasteiger partial charge in [-0.15, -0.1) is 0 Å². The predicted octanol–water partition coefficient (Wildman–Crippen LogP) is 1.26. The largest absolute Gasteiger partial charge is 0.435 e. The maximum absolute atomic E-state index is 12.7. The van der Waals surface area contributed by atoms with E-state index >= 15 is 0 Å². The number of aliphatic hydroxyl groups is 1. The van der Waals surface area contributed by atoms with Crippen LogP contribution < -0.4 is 5.32 Å². The van der Waals surface area contributed by atoms with Gasteiger partial charge in [-0.1, -0.05) is 0 Å². The molecule has 1 saturated heterocycles. The molecule has 0 bridgehead atoms. The monoisotopic (exact) mass is 347 g/mol. The van der Waals surface area contributed by atoms with Crippen LogP contribution in [0.5, 0.6) is 0 Å². The van der Waals surface area contributed by atoms with Crippen molar-refractivity contribution in [2.24, 2.45) is 5.41 Å². The van der Waals surface area contributed by atoms with E-state index in [0.29, 0.717) is 32.5 Å². The van der Waals surface area contributed by atoms with E-state index in [-0.39, 0.29) is 23.6 Å². The molecule has 1 aliphatic carbocycles. The molecule has 1 saturated carbocycles. The lowest BCUT2D eigenvalue weighted by atomic mass is 9.58. The number of aliphatic hydroxyl groups excluding tert-OH is 1. The van der Waals surface area contributed by atoms with Crippen LogP contribution in [0.1, 0.15) is 30.5 Å². The fourth-order valence-electron chi connectivity index (χ4n) is 3.67. The molecule has 1 aliphatic heterocycles. The van der Waals surface area contributed by atoms with Crippen LogP contribution in [-0.4, -0.2) is 46.2 Å². The number of alkyl halides is 3. The summed E-state index contributed by atoms with van der Waals surface area (Å²) in [7, 11) is 0. The normalized spacial score (nSPS) is 26.2. The number of halogens is 3. The van der Waals surface area contributed by atoms with Gasteiger partial charge in [-0.3, -0.25) is 9.48 Å². The average Bonchev–Trinajstić information content (AvgIpc) is 2.88. The van der Waals surface area contributed by atoms with Crippen LogP contribution in [0.25, 0.3) is 0 Å². The zero-order valence-electron chi connectivity index (χ0n) is 13.3. The Kier molecular flexibility index (Phi) is 4.33. The molecule has 1 amide bonds. The van der Waals surface area contributed by atoms with Gasteiger partial charge in [0, 0.05) is 30.9 Å². The first kappa shape index (κ1) is 17.2. The van der Waals surface area contributed by atoms with Crippen molar-refractivity contribution in [2.75, 3.05) is 13.2 Å². The summed E-state index contributed by atoms with van der Waals surface area (Å²) >= 11 is 0. The lowest BCUT2D eigenvalue weighted by molar-refractivity contribution is -0.156. The number of ether oxygens (including phenoxy) is 1. The summed E-state index contributed by atoms with van der Waals surface area (Å²) in [6.07, 6.45) is -2.01. The molecule has 2 N–H and O–H groups in total. The van der Waals surface area contributed by atoms with Crippen molar-refractivity contribution < 1.29 is 27.8 Å². The van der Waals surface area contributed by atoms with Crippen molar-refractivity contribution in [3.63, 3.8) is 0 Å². The van der Waals surface area contributed by atoms with Crippen molar-refractivity contribution in [2.45, 2.75) is 51.1 Å². The fraction of sp³-hybridized carbons (Fsp3) is 0.733. The Morgan fingerprint density at radius 3 is 2.71 bits per heavy atom. The summed E-state index contributed by atoms with van der Waals surface area (Å²) in [5, 5.41) is 16.4. The summed E-state index contributed by atoms with van der Waals surface area (Å²) in [4.78, 5) is 12.2. The van der Waals surface area contributed by atoms with Crippen LogP contribution in [0, 0.1) is 12.3 Å². The van der Waals surface area contributed by atoms with Crippen LogP contribution in [0.15, 0.2) is 6.20 Å². The fourth-order valence-corrected chi connectivity index (χ4v) is 3.67. The van der Waals surface area contributed by atoms with E-state index in [9.17, 15) is 23.1 Å². The molecular weight excluding hydrogens is 327 g/mol. The average molecular weight is 347 g/mol. The van der Waals surface area contributed by atoms with Gasteiger partial charge in [0.15, 0.2) is 5.69 Å². The van der Waals surface area contributed by atoms with E-state index < -0.39 is 23.9 Å². The first-order valence-corrected chi connectivity index (χ1v) is 7.89. The van der Waals surface area contributed by atoms with Crippen LogP contribution in [0.2, 0.25) is 0 Å². The van der Waals surface area contributed by atoms with E-state index in [1.165, 1.54) is 13.1 Å². The second-order valence-electron chi connectivity index (χ2n) is 6.57. The number of amides is 1. The number of nitrogens with one attached hydrogen (secondary N) is 1. The second-order valence-corrected chi connectivity index (χ2v) is 6.57. The Labute approximate surface area is 137 Å². The number of aryl methyl sites for hydroxylation is 1. The Morgan fingerprint density at radius 1 is 1.50 bits per heavy atom. The van der Waals surface area contributed by atoms with Gasteiger partial charge >= 0.3 is 6.18 Å². The summed E-state index contributed by atoms with van der Waals surface area (Å²) < 4.78 is 44.5. The topological polar surface area (TPSA) is 76.4 Å². The van der Waals surface area contributed by atoms with Gasteiger partial charge in [-0.25, -0.2) is 0 Å². The van der Waals surface area contributed by atoms with Gasteiger partial charge in [0.05, 0.1) is 6.10 Å². The smallest absolute Gasteiger partial charge is 0.392 e. The number of aromatic nitrogens is 2. The molecule has 2 atom stereocenters. The molecule has 24 heavy (non-hydrogen) atoms. The molecule has 1 aromatic rings. The van der Waals surface area contributed by atoms with Crippen molar-refractivity contribution >= 4 is 5.91 Å². The van der Waals surface area contributed by atoms with Gasteiger partial charge in [0.2, 0.25) is 5.91 Å². The van der Waals surface area contributed by atoms with Gasteiger partial charge in [0.25, 0.3) is 0 Å². The highest BCUT2D eigenvalue weighted by molar-refractivity contribution is 5.76. The highest BCUT2D eigenvalue weighted by Gasteiger charge is 2.55. The molecule has 6 nitrogen and oxygen atoms in total. The lowest BCUT2D eigenvalue weighted by Crippen LogP contribution is -2.65. The zero-order chi connectivity index (χ0) is 17.5. The molecular formula is C15H20F3N3O3. The number of rotatable bonds is 3. The third-order valence-electron chi connectivity index (χ3n) is 5.09. The Bertz CT molecular complexity index is 623. The lowest BCUT2D eigenvalue weighted by Gasteiger charge is -2.55. The standard InChI is InChI=1S/C15H20F3N3O3/c1-9-7-21(20-13(9)15(16,17)18)8-12(23)19-10-6-11(22)14(10)2-4-24-5-3-14/h7,10-11,22H,2-6,8H2,1H3,(H,19,23)/t10-,11-/m1/s1. The van der Waals surface area contributed by atoms with Crippen molar-refractivity contribution in [3.05, 3.63) is 17.5 Å². The van der Waals surface area contributed by atoms with E-state index in [1.54, 1.807) is 0 Å². The summed E-state index contributed by atoms with van der Waals surface area (Å²) in [5.74, 6) is -0.408. The molecule has 0 aromatic carbocycles. The molecule has 2 aliphatic rings. The SMILES string of the molecule is Cc1cn(CC(=O)N[C@@H]2C[C@@H](O)C23CCOCC3)nc1C(F)(F)F. The summed E-state index contributed by atoms with van der Waals surface area (Å²) in [6.45, 7) is 2.10. The number of carbonyl (C=O) groups is 1. The zero-order valence-corrected chi connectivity index (χ0v) is 13.3. The maximum atomic E-state index is 12.7. The minimum absolute atomic E-state index is 0.0183. The van der Waals surface area contributed by atoms with Gasteiger partial charge < -0.3 is 15.2 Å². The first-order chi connectivity index (χ1) is 11.2. The first-order valence-electron chi connectivity index (χ1n) is 7.89. The van der Waals surface area contributed by atoms with Gasteiger partial charge in [-0.2, -0.15) is 18.3 Å². The molecule has 1 spiro atoms. The number of hydrogen-bond acceptors (Lipinski definition) is 4. The molecule has 2 heterocycles. The third-order valence-corrected chi connectivity index (χ3v) is 5.09. The van der Waals surface area contributed by atoms with E-state index in [4.69, 9.17) is 4.74 Å². The Morgan fingerprint density at radius 2 is 2.17 bits per heavy atom. The Hall–Kier alpha value is -1.61. The summed E-state index contributed by atoms with van der Waals surface area (Å²) in [5.41, 5.74) is -1.36. The number of hydrogen-bond donors (Lipinski definition) is 2. The molecule has 3 rings (SSSR count). The summed E-state index contributed by atoms with van der Waals surface area (Å²) in [6, 6.07) is -0.178. The third kappa shape index (κ3) is 3.02. The maximum Gasteiger partial charge on any atom is 0.435 e. The quantitative estimate of drug-likeness (QED) is 0.863. The van der Waals surface area contributed by atoms with E-state index in [0.717, 1.165) is 4.68 Å². The van der Waals surface area contributed by atoms with Crippen molar-refractivity contribution in [1.29, 1.82) is 0 Å². The Balaban J connectivity index is 1.62. The van der Waals surface area contributed by atoms with E-state index in [2.05, 4.69) is 10.4 Å². The number of carbonyl (C=O) groups excluding carboxylic acids is 1. The molecule has 1 aromatic heterocycles. The van der Waals surface area contributed by atoms with Crippen molar-refractivity contribution in [3.8, 4) is 0 Å². The van der Waals surface area contributed by atoms with Crippen LogP contribution in [0.3, 0.4) is 0 Å². The van der Waals surface area contributed by atoms with Gasteiger partial charge in [0.1, 0.15) is 6.54 Å². The minimum Gasteiger partial charge on any atom is -0.392 e. The van der Waals surface area contributed by atoms with Crippen LogP contribution in [-0.2, 0) is 22.3 Å². The molecule has 134 valence electrons. The molecule has 0 radical (unpaired) electrons. The minimum atomic E-state index is -4.53. The number of nitrogens with zero attached hydrogens (tertiary/aromatic N) is 2. The van der Waals surface area contributed by atoms with Crippen LogP contribution >= 0.6 is 0 Å². The molecule has 9 heteroatoms.